The first-order chi connectivity index (χ1) is 13.5. The van der Waals surface area contributed by atoms with Gasteiger partial charge in [0, 0.05) is 30.0 Å². The molecule has 1 amide bonds. The summed E-state index contributed by atoms with van der Waals surface area (Å²) in [6, 6.07) is 2.64. The second-order valence-electron chi connectivity index (χ2n) is 6.10. The van der Waals surface area contributed by atoms with Gasteiger partial charge in [-0.05, 0) is 18.9 Å². The Morgan fingerprint density at radius 3 is 2.82 bits per heavy atom. The molecule has 1 fully saturated rings. The fourth-order valence-electron chi connectivity index (χ4n) is 2.90. The third-order valence-electron chi connectivity index (χ3n) is 4.32. The molecular weight excluding hydrogens is 374 g/mol. The van der Waals surface area contributed by atoms with Gasteiger partial charge >= 0.3 is 0 Å². The molecule has 1 aliphatic rings. The van der Waals surface area contributed by atoms with Gasteiger partial charge in [0.2, 0.25) is 5.88 Å². The van der Waals surface area contributed by atoms with Crippen LogP contribution in [0.15, 0.2) is 24.5 Å². The first-order valence-corrected chi connectivity index (χ1v) is 8.61. The number of aromatic nitrogens is 2. The quantitative estimate of drug-likeness (QED) is 0.421. The molecule has 2 aromatic rings. The van der Waals surface area contributed by atoms with Crippen molar-refractivity contribution in [1.29, 1.82) is 0 Å². The van der Waals surface area contributed by atoms with Crippen molar-refractivity contribution in [3.63, 3.8) is 0 Å². The number of nitrogen functional groups attached to an aromatic ring is 1. The van der Waals surface area contributed by atoms with Crippen molar-refractivity contribution in [2.75, 3.05) is 20.3 Å². The van der Waals surface area contributed by atoms with E-state index in [1.165, 1.54) is 25.6 Å². The summed E-state index contributed by atoms with van der Waals surface area (Å²) in [5, 5.41) is 0. The second-order valence-corrected chi connectivity index (χ2v) is 6.10. The summed E-state index contributed by atoms with van der Waals surface area (Å²) in [5.74, 6) is 5.04. The monoisotopic (exact) mass is 394 g/mol. The molecule has 10 heteroatoms. The number of nitrogens with one attached hydrogen (secondary N) is 1. The molecule has 8 nitrogen and oxygen atoms in total. The van der Waals surface area contributed by atoms with Gasteiger partial charge in [-0.1, -0.05) is 0 Å². The molecule has 0 spiro atoms. The van der Waals surface area contributed by atoms with E-state index in [1.54, 1.807) is 0 Å². The number of hydrogen-bond donors (Lipinski definition) is 2. The van der Waals surface area contributed by atoms with Crippen molar-refractivity contribution >= 4 is 5.91 Å². The van der Waals surface area contributed by atoms with Crippen LogP contribution in [0.2, 0.25) is 0 Å². The molecule has 1 aliphatic heterocycles. The Balaban J connectivity index is 2.02. The number of nitrogens with two attached hydrogens (primary N) is 1. The molecule has 0 radical (unpaired) electrons. The average Bonchev–Trinajstić information content (AvgIpc) is 3.24. The Kier molecular flexibility index (Phi) is 6.32. The number of pyridine rings is 2. The van der Waals surface area contributed by atoms with E-state index in [1.807, 2.05) is 5.43 Å². The summed E-state index contributed by atoms with van der Waals surface area (Å²) in [7, 11) is 1.38. The van der Waals surface area contributed by atoms with Crippen molar-refractivity contribution in [2.45, 2.75) is 25.4 Å². The third-order valence-corrected chi connectivity index (χ3v) is 4.32. The van der Waals surface area contributed by atoms with E-state index < -0.39 is 18.0 Å². The van der Waals surface area contributed by atoms with Gasteiger partial charge in [0.1, 0.15) is 18.1 Å². The number of halogens is 2. The lowest BCUT2D eigenvalue weighted by Gasteiger charge is -2.15. The Morgan fingerprint density at radius 2 is 2.18 bits per heavy atom. The molecule has 3 N–H and O–H groups in total. The van der Waals surface area contributed by atoms with Crippen LogP contribution in [0, 0.1) is 0 Å². The standard InChI is InChI=1S/C18H20F2N4O4/c1-26-15-8-22-14(17(19)20)5-12(15)11-6-16(23-7-13(11)18(25)24-21)28-9-10-3-2-4-27-10/h5-8,10,17H,2-4,9,21H2,1H3,(H,24,25)/t10-/m1/s1. The number of nitrogens with zero attached hydrogens (tertiary/aromatic N) is 2. The first-order valence-electron chi connectivity index (χ1n) is 8.61. The lowest BCUT2D eigenvalue weighted by molar-refractivity contribution is 0.0663. The molecule has 3 heterocycles. The minimum absolute atomic E-state index is 0.0295. The van der Waals surface area contributed by atoms with Crippen molar-refractivity contribution in [2.24, 2.45) is 5.84 Å². The van der Waals surface area contributed by atoms with Crippen LogP contribution in [0.4, 0.5) is 8.78 Å². The zero-order valence-electron chi connectivity index (χ0n) is 15.2. The normalized spacial score (nSPS) is 16.2. The van der Waals surface area contributed by atoms with Crippen molar-refractivity contribution in [1.82, 2.24) is 15.4 Å². The van der Waals surface area contributed by atoms with Crippen LogP contribution in [0.5, 0.6) is 11.6 Å². The molecule has 2 aromatic heterocycles. The molecule has 1 atom stereocenters. The summed E-state index contributed by atoms with van der Waals surface area (Å²) in [5.41, 5.74) is 2.17. The fourth-order valence-corrected chi connectivity index (χ4v) is 2.90. The van der Waals surface area contributed by atoms with Crippen molar-refractivity contribution < 1.29 is 27.8 Å². The number of hydrazine groups is 1. The lowest BCUT2D eigenvalue weighted by Crippen LogP contribution is -2.30. The predicted octanol–water partition coefficient (Wildman–Crippen LogP) is 2.25. The summed E-state index contributed by atoms with van der Waals surface area (Å²) < 4.78 is 42.7. The van der Waals surface area contributed by atoms with Gasteiger partial charge in [0.05, 0.1) is 25.0 Å². The number of alkyl halides is 2. The van der Waals surface area contributed by atoms with E-state index in [2.05, 4.69) is 9.97 Å². The number of amides is 1. The molecule has 150 valence electrons. The number of hydrogen-bond acceptors (Lipinski definition) is 7. The Hall–Kier alpha value is -2.85. The van der Waals surface area contributed by atoms with Crippen LogP contribution < -0.4 is 20.7 Å². The maximum Gasteiger partial charge on any atom is 0.280 e. The summed E-state index contributed by atoms with van der Waals surface area (Å²) >= 11 is 0. The molecule has 1 saturated heterocycles. The van der Waals surface area contributed by atoms with E-state index in [0.29, 0.717) is 13.2 Å². The highest BCUT2D eigenvalue weighted by Crippen LogP contribution is 2.35. The largest absolute Gasteiger partial charge is 0.494 e. The SMILES string of the molecule is COc1cnc(C(F)F)cc1-c1cc(OC[C@H]2CCCO2)ncc1C(=O)NN. The highest BCUT2D eigenvalue weighted by atomic mass is 19.3. The van der Waals surface area contributed by atoms with Gasteiger partial charge in [-0.3, -0.25) is 15.2 Å². The Morgan fingerprint density at radius 1 is 1.36 bits per heavy atom. The van der Waals surface area contributed by atoms with Crippen LogP contribution in [-0.4, -0.2) is 42.3 Å². The van der Waals surface area contributed by atoms with Crippen LogP contribution in [-0.2, 0) is 4.74 Å². The van der Waals surface area contributed by atoms with Crippen molar-refractivity contribution in [3.05, 3.63) is 35.8 Å². The minimum Gasteiger partial charge on any atom is -0.494 e. The zero-order chi connectivity index (χ0) is 20.1. The average molecular weight is 394 g/mol. The minimum atomic E-state index is -2.78. The van der Waals surface area contributed by atoms with Gasteiger partial charge in [-0.2, -0.15) is 0 Å². The van der Waals surface area contributed by atoms with Crippen LogP contribution >= 0.6 is 0 Å². The molecule has 0 bridgehead atoms. The Labute approximate surface area is 160 Å². The second kappa shape index (κ2) is 8.89. The summed E-state index contributed by atoms with van der Waals surface area (Å²) in [4.78, 5) is 19.9. The highest BCUT2D eigenvalue weighted by Gasteiger charge is 2.21. The number of rotatable bonds is 7. The van der Waals surface area contributed by atoms with Gasteiger partial charge in [0.25, 0.3) is 12.3 Å². The van der Waals surface area contributed by atoms with E-state index in [0.717, 1.165) is 18.9 Å². The summed E-state index contributed by atoms with van der Waals surface area (Å²) in [6.07, 6.45) is 1.48. The van der Waals surface area contributed by atoms with Crippen molar-refractivity contribution in [3.8, 4) is 22.8 Å². The van der Waals surface area contributed by atoms with E-state index >= 15 is 0 Å². The van der Waals surface area contributed by atoms with Gasteiger partial charge in [-0.15, -0.1) is 0 Å². The van der Waals surface area contributed by atoms with Gasteiger partial charge in [0.15, 0.2) is 0 Å². The summed E-state index contributed by atoms with van der Waals surface area (Å²) in [6.45, 7) is 0.984. The zero-order valence-corrected chi connectivity index (χ0v) is 15.2. The molecule has 0 unspecified atom stereocenters. The van der Waals surface area contributed by atoms with Gasteiger partial charge in [-0.25, -0.2) is 19.6 Å². The predicted molar refractivity (Wildman–Crippen MR) is 95.1 cm³/mol. The smallest absolute Gasteiger partial charge is 0.280 e. The van der Waals surface area contributed by atoms with E-state index in [4.69, 9.17) is 20.1 Å². The topological polar surface area (TPSA) is 109 Å². The number of carbonyl (C=O) groups is 1. The first kappa shape index (κ1) is 19.9. The number of methoxy groups -OCH3 is 1. The molecule has 3 rings (SSSR count). The van der Waals surface area contributed by atoms with Crippen LogP contribution in [0.1, 0.15) is 35.3 Å². The number of carbonyl (C=O) groups excluding carboxylic acids is 1. The highest BCUT2D eigenvalue weighted by molar-refractivity contribution is 6.01. The molecule has 28 heavy (non-hydrogen) atoms. The van der Waals surface area contributed by atoms with Crippen LogP contribution in [0.3, 0.4) is 0 Å². The maximum absolute atomic E-state index is 13.1. The molecule has 0 aliphatic carbocycles. The van der Waals surface area contributed by atoms with E-state index in [-0.39, 0.29) is 34.4 Å². The molecule has 0 aromatic carbocycles. The fraction of sp³-hybridized carbons (Fsp3) is 0.389. The molecular formula is C18H20F2N4O4. The Bertz CT molecular complexity index is 844. The molecule has 0 saturated carbocycles. The maximum atomic E-state index is 13.1. The van der Waals surface area contributed by atoms with Gasteiger partial charge < -0.3 is 14.2 Å². The number of ether oxygens (including phenoxy) is 3. The van der Waals surface area contributed by atoms with Crippen LogP contribution in [0.25, 0.3) is 11.1 Å². The van der Waals surface area contributed by atoms with E-state index in [9.17, 15) is 13.6 Å². The lowest BCUT2D eigenvalue weighted by atomic mass is 10.0. The third kappa shape index (κ3) is 4.34.